The molecular weight excluding hydrogens is 251 g/mol. The smallest absolute Gasteiger partial charge is 0.0388 e. The van der Waals surface area contributed by atoms with Crippen molar-refractivity contribution in [3.8, 4) is 0 Å². The Morgan fingerprint density at radius 1 is 1.20 bits per heavy atom. The molecule has 0 nitrogen and oxygen atoms in total. The summed E-state index contributed by atoms with van der Waals surface area (Å²) in [6.07, 6.45) is 0. The van der Waals surface area contributed by atoms with E-state index in [-0.39, 0.29) is 0 Å². The second-order valence-corrected chi connectivity index (χ2v) is 4.85. The fourth-order valence-corrected chi connectivity index (χ4v) is 2.05. The van der Waals surface area contributed by atoms with Gasteiger partial charge in [0, 0.05) is 13.8 Å². The van der Waals surface area contributed by atoms with E-state index < -0.39 is 0 Å². The molecule has 1 aromatic carbocycles. The van der Waals surface area contributed by atoms with Crippen LogP contribution >= 0.6 is 22.6 Å². The topological polar surface area (TPSA) is 0 Å². The summed E-state index contributed by atoms with van der Waals surface area (Å²) in [4.78, 5) is 0. The van der Waals surface area contributed by atoms with Gasteiger partial charge in [-0.3, -0.25) is 0 Å². The first-order valence-corrected chi connectivity index (χ1v) is 5.43. The minimum absolute atomic E-state index is 1.17. The molecule has 0 spiro atoms. The molecule has 0 aromatic heterocycles. The number of hydrogen-bond donors (Lipinski definition) is 0. The van der Waals surface area contributed by atoms with E-state index in [1.54, 1.807) is 0 Å². The molecule has 0 saturated carbocycles. The predicted octanol–water partition coefficient (Wildman–Crippen LogP) is 0.899. The van der Waals surface area contributed by atoms with Crippen LogP contribution in [-0.4, -0.2) is 10.2 Å². The van der Waals surface area contributed by atoms with Crippen molar-refractivity contribution in [1.29, 1.82) is 0 Å². The summed E-state index contributed by atoms with van der Waals surface area (Å²) >= 11 is 2.38. The van der Waals surface area contributed by atoms with Crippen LogP contribution in [-0.2, 0) is 0 Å². The van der Waals surface area contributed by atoms with Gasteiger partial charge < -0.3 is 0 Å². The van der Waals surface area contributed by atoms with Crippen LogP contribution in [0.5, 0.6) is 0 Å². The van der Waals surface area contributed by atoms with Crippen molar-refractivity contribution in [3.63, 3.8) is 0 Å². The molecule has 0 atom stereocenters. The van der Waals surface area contributed by atoms with Gasteiger partial charge in [0.1, 0.15) is 0 Å². The number of hydrogen-bond acceptors (Lipinski definition) is 0. The first-order chi connectivity index (χ1) is 4.63. The highest BCUT2D eigenvalue weighted by Gasteiger charge is 1.98. The lowest BCUT2D eigenvalue weighted by atomic mass is 10.1. The summed E-state index contributed by atoms with van der Waals surface area (Å²) in [7, 11) is 1.17. The van der Waals surface area contributed by atoms with Gasteiger partial charge in [0.25, 0.3) is 0 Å². The quantitative estimate of drug-likeness (QED) is 0.481. The minimum Gasteiger partial charge on any atom is -0.0676 e. The molecule has 0 amide bonds. The highest BCUT2D eigenvalue weighted by atomic mass is 127. The van der Waals surface area contributed by atoms with Gasteiger partial charge in [-0.15, -0.1) is 0 Å². The van der Waals surface area contributed by atoms with Crippen LogP contribution in [0, 0.1) is 17.4 Å². The molecule has 0 saturated heterocycles. The van der Waals surface area contributed by atoms with Crippen molar-refractivity contribution in [1.82, 2.24) is 0 Å². The van der Waals surface area contributed by atoms with E-state index in [1.807, 2.05) is 0 Å². The fraction of sp³-hybridized carbons (Fsp3) is 0.250. The minimum atomic E-state index is 1.17. The van der Waals surface area contributed by atoms with E-state index in [4.69, 9.17) is 0 Å². The van der Waals surface area contributed by atoms with Crippen molar-refractivity contribution in [2.75, 3.05) is 0 Å². The van der Waals surface area contributed by atoms with Gasteiger partial charge in [0.05, 0.1) is 0 Å². The Bertz CT molecular complexity index is 229. The van der Waals surface area contributed by atoms with Crippen LogP contribution in [0.3, 0.4) is 0 Å². The Balaban J connectivity index is 3.34. The zero-order valence-corrected chi connectivity index (χ0v) is 10.7. The molecule has 0 aliphatic rings. The first kappa shape index (κ1) is 8.27. The maximum Gasteiger partial charge on any atom is 0.0388 e. The molecule has 0 radical (unpaired) electrons. The molecule has 54 valence electrons. The number of benzene rings is 1. The summed E-state index contributed by atoms with van der Waals surface area (Å²) in [6, 6.07) is 4.43. The van der Waals surface area contributed by atoms with E-state index in [0.717, 1.165) is 0 Å². The molecule has 0 heterocycles. The van der Waals surface area contributed by atoms with Gasteiger partial charge in [0.15, 0.2) is 0 Å². The Morgan fingerprint density at radius 2 is 1.80 bits per heavy atom. The third-order valence-electron chi connectivity index (χ3n) is 1.99. The Kier molecular flexibility index (Phi) is 2.52. The molecular formula is C8H11ISi. The molecule has 0 aliphatic carbocycles. The van der Waals surface area contributed by atoms with Gasteiger partial charge in [0.2, 0.25) is 0 Å². The van der Waals surface area contributed by atoms with Gasteiger partial charge in [-0.25, -0.2) is 0 Å². The molecule has 0 N–H and O–H groups in total. The zero-order valence-electron chi connectivity index (χ0n) is 6.53. The van der Waals surface area contributed by atoms with Crippen LogP contribution in [0.15, 0.2) is 12.1 Å². The van der Waals surface area contributed by atoms with Crippen LogP contribution in [0.25, 0.3) is 0 Å². The monoisotopic (exact) mass is 262 g/mol. The summed E-state index contributed by atoms with van der Waals surface area (Å²) in [5.41, 5.74) is 2.94. The SMILES string of the molecule is Cc1c([SiH3])ccc(I)c1C. The van der Waals surface area contributed by atoms with Gasteiger partial charge in [-0.05, 0) is 53.6 Å². The van der Waals surface area contributed by atoms with E-state index in [1.165, 1.54) is 30.1 Å². The normalized spacial score (nSPS) is 10.3. The maximum absolute atomic E-state index is 2.38. The largest absolute Gasteiger partial charge is 0.0676 e. The van der Waals surface area contributed by atoms with Gasteiger partial charge >= 0.3 is 0 Å². The highest BCUT2D eigenvalue weighted by Crippen LogP contribution is 2.12. The average molecular weight is 262 g/mol. The number of rotatable bonds is 0. The van der Waals surface area contributed by atoms with Gasteiger partial charge in [-0.2, -0.15) is 0 Å². The second kappa shape index (κ2) is 3.05. The van der Waals surface area contributed by atoms with E-state index >= 15 is 0 Å². The summed E-state index contributed by atoms with van der Waals surface area (Å²) < 4.78 is 1.38. The molecule has 1 aromatic rings. The van der Waals surface area contributed by atoms with Crippen LogP contribution in [0.1, 0.15) is 11.1 Å². The zero-order chi connectivity index (χ0) is 7.72. The van der Waals surface area contributed by atoms with Crippen molar-refractivity contribution in [2.24, 2.45) is 0 Å². The summed E-state index contributed by atoms with van der Waals surface area (Å²) in [6.45, 7) is 4.40. The summed E-state index contributed by atoms with van der Waals surface area (Å²) in [5, 5.41) is 1.53. The third-order valence-corrected chi connectivity index (χ3v) is 4.24. The lowest BCUT2D eigenvalue weighted by molar-refractivity contribution is 1.34. The van der Waals surface area contributed by atoms with Crippen molar-refractivity contribution in [2.45, 2.75) is 13.8 Å². The Morgan fingerprint density at radius 3 is 2.30 bits per heavy atom. The fourth-order valence-electron chi connectivity index (χ4n) is 0.923. The second-order valence-electron chi connectivity index (χ2n) is 2.61. The number of halogens is 1. The average Bonchev–Trinajstić information content (AvgIpc) is 1.93. The molecule has 10 heavy (non-hydrogen) atoms. The molecule has 0 unspecified atom stereocenters. The van der Waals surface area contributed by atoms with Crippen molar-refractivity contribution < 1.29 is 0 Å². The molecule has 2 heteroatoms. The standard InChI is InChI=1S/C8H11ISi/c1-5-6(2)8(10)4-3-7(5)9/h3-4H,1-2,10H3. The highest BCUT2D eigenvalue weighted by molar-refractivity contribution is 14.1. The maximum atomic E-state index is 2.38. The lowest BCUT2D eigenvalue weighted by Gasteiger charge is -2.05. The lowest BCUT2D eigenvalue weighted by Crippen LogP contribution is -2.08. The van der Waals surface area contributed by atoms with E-state index in [9.17, 15) is 0 Å². The van der Waals surface area contributed by atoms with E-state index in [2.05, 4.69) is 48.6 Å². The van der Waals surface area contributed by atoms with Crippen LogP contribution < -0.4 is 5.19 Å². The van der Waals surface area contributed by atoms with E-state index in [0.29, 0.717) is 0 Å². The first-order valence-electron chi connectivity index (χ1n) is 3.35. The third kappa shape index (κ3) is 1.42. The van der Waals surface area contributed by atoms with Crippen molar-refractivity contribution in [3.05, 3.63) is 26.8 Å². The Hall–Kier alpha value is 0.167. The molecule has 0 bridgehead atoms. The summed E-state index contributed by atoms with van der Waals surface area (Å²) in [5.74, 6) is 0. The van der Waals surface area contributed by atoms with Crippen LogP contribution in [0.2, 0.25) is 0 Å². The predicted molar refractivity (Wildman–Crippen MR) is 58.2 cm³/mol. The molecule has 1 rings (SSSR count). The Labute approximate surface area is 78.6 Å². The van der Waals surface area contributed by atoms with Crippen LogP contribution in [0.4, 0.5) is 0 Å². The molecule has 0 fully saturated rings. The van der Waals surface area contributed by atoms with Crippen molar-refractivity contribution >= 4 is 38.0 Å². The molecule has 0 aliphatic heterocycles. The van der Waals surface area contributed by atoms with Gasteiger partial charge in [-0.1, -0.05) is 11.3 Å².